The Balaban J connectivity index is 1.62. The topological polar surface area (TPSA) is 69.0 Å². The van der Waals surface area contributed by atoms with Crippen LogP contribution in [0.4, 0.5) is 5.69 Å². The summed E-state index contributed by atoms with van der Waals surface area (Å²) >= 11 is 0. The third-order valence-corrected chi connectivity index (χ3v) is 4.55. The van der Waals surface area contributed by atoms with Crippen molar-refractivity contribution < 1.29 is 9.53 Å². The van der Waals surface area contributed by atoms with E-state index in [2.05, 4.69) is 15.4 Å². The van der Waals surface area contributed by atoms with Crippen molar-refractivity contribution in [3.63, 3.8) is 0 Å². The van der Waals surface area contributed by atoms with Gasteiger partial charge in [-0.05, 0) is 48.9 Å². The highest BCUT2D eigenvalue weighted by molar-refractivity contribution is 6.08. The van der Waals surface area contributed by atoms with Gasteiger partial charge in [-0.1, -0.05) is 30.3 Å². The van der Waals surface area contributed by atoms with Crippen LogP contribution >= 0.6 is 0 Å². The molecule has 1 amide bonds. The van der Waals surface area contributed by atoms with E-state index in [0.29, 0.717) is 30.1 Å². The van der Waals surface area contributed by atoms with Crippen LogP contribution in [0.2, 0.25) is 0 Å². The molecule has 4 aromatic rings. The minimum atomic E-state index is -0.225. The molecule has 0 aliphatic heterocycles. The molecule has 0 bridgehead atoms. The normalized spacial score (nSPS) is 10.6. The molecule has 2 aromatic carbocycles. The van der Waals surface area contributed by atoms with Gasteiger partial charge in [-0.2, -0.15) is 5.10 Å². The molecule has 2 heterocycles. The molecule has 0 aliphatic rings. The largest absolute Gasteiger partial charge is 0.494 e. The summed E-state index contributed by atoms with van der Waals surface area (Å²) in [7, 11) is 0. The molecule has 0 atom stereocenters. The van der Waals surface area contributed by atoms with E-state index in [1.165, 1.54) is 0 Å². The average molecular weight is 398 g/mol. The van der Waals surface area contributed by atoms with E-state index in [1.54, 1.807) is 23.3 Å². The second-order valence-electron chi connectivity index (χ2n) is 6.73. The van der Waals surface area contributed by atoms with Crippen LogP contribution in [0.25, 0.3) is 11.3 Å². The van der Waals surface area contributed by atoms with Gasteiger partial charge in [-0.25, -0.2) is 0 Å². The molecule has 0 saturated heterocycles. The molecule has 6 heteroatoms. The van der Waals surface area contributed by atoms with Crippen molar-refractivity contribution in [1.82, 2.24) is 14.8 Å². The van der Waals surface area contributed by atoms with E-state index >= 15 is 0 Å². The first kappa shape index (κ1) is 19.4. The summed E-state index contributed by atoms with van der Waals surface area (Å²) < 4.78 is 7.24. The fourth-order valence-electron chi connectivity index (χ4n) is 3.15. The number of amides is 1. The molecular formula is C24H22N4O2. The molecular weight excluding hydrogens is 376 g/mol. The first-order valence-electron chi connectivity index (χ1n) is 9.79. The Morgan fingerprint density at radius 3 is 2.53 bits per heavy atom. The second-order valence-corrected chi connectivity index (χ2v) is 6.73. The van der Waals surface area contributed by atoms with Gasteiger partial charge in [0.25, 0.3) is 5.91 Å². The molecule has 2 aromatic heterocycles. The zero-order valence-corrected chi connectivity index (χ0v) is 16.7. The van der Waals surface area contributed by atoms with Crippen molar-refractivity contribution in [2.75, 3.05) is 11.9 Å². The predicted molar refractivity (Wildman–Crippen MR) is 117 cm³/mol. The molecule has 0 radical (unpaired) electrons. The number of anilines is 1. The average Bonchev–Trinajstić information content (AvgIpc) is 3.20. The lowest BCUT2D eigenvalue weighted by molar-refractivity contribution is 0.102. The van der Waals surface area contributed by atoms with Crippen LogP contribution in [0, 0.1) is 0 Å². The quantitative estimate of drug-likeness (QED) is 0.492. The zero-order chi connectivity index (χ0) is 20.8. The zero-order valence-electron chi connectivity index (χ0n) is 16.7. The first-order valence-corrected chi connectivity index (χ1v) is 9.79. The van der Waals surface area contributed by atoms with Crippen molar-refractivity contribution in [3.05, 3.63) is 96.4 Å². The Labute approximate surface area is 175 Å². The third kappa shape index (κ3) is 4.55. The molecule has 150 valence electrons. The van der Waals surface area contributed by atoms with Gasteiger partial charge in [0.15, 0.2) is 0 Å². The van der Waals surface area contributed by atoms with Gasteiger partial charge in [0, 0.05) is 29.8 Å². The summed E-state index contributed by atoms with van der Waals surface area (Å²) in [5.74, 6) is 0.541. The number of ether oxygens (including phenoxy) is 1. The van der Waals surface area contributed by atoms with Crippen molar-refractivity contribution in [2.45, 2.75) is 13.5 Å². The number of pyridine rings is 1. The minimum absolute atomic E-state index is 0.225. The van der Waals surface area contributed by atoms with Crippen LogP contribution in [0.3, 0.4) is 0 Å². The highest BCUT2D eigenvalue weighted by atomic mass is 16.5. The van der Waals surface area contributed by atoms with Gasteiger partial charge in [0.05, 0.1) is 18.7 Å². The van der Waals surface area contributed by atoms with Crippen LogP contribution in [-0.2, 0) is 6.54 Å². The molecule has 0 saturated carbocycles. The molecule has 6 nitrogen and oxygen atoms in total. The minimum Gasteiger partial charge on any atom is -0.494 e. The van der Waals surface area contributed by atoms with E-state index in [0.717, 1.165) is 16.9 Å². The van der Waals surface area contributed by atoms with E-state index < -0.39 is 0 Å². The fourth-order valence-corrected chi connectivity index (χ4v) is 3.15. The Morgan fingerprint density at radius 2 is 1.83 bits per heavy atom. The van der Waals surface area contributed by atoms with Crippen molar-refractivity contribution in [1.29, 1.82) is 0 Å². The maximum absolute atomic E-state index is 13.1. The number of hydrogen-bond acceptors (Lipinski definition) is 4. The number of rotatable bonds is 7. The SMILES string of the molecule is CCOc1ccc(NC(=O)c2cn(Cc3ccccc3)nc2-c2cccnc2)cc1. The number of carbonyl (C=O) groups excluding carboxylic acids is 1. The predicted octanol–water partition coefficient (Wildman–Crippen LogP) is 4.64. The maximum atomic E-state index is 13.1. The van der Waals surface area contributed by atoms with Gasteiger partial charge in [-0.15, -0.1) is 0 Å². The second kappa shape index (κ2) is 9.05. The van der Waals surface area contributed by atoms with Crippen LogP contribution in [0.1, 0.15) is 22.8 Å². The summed E-state index contributed by atoms with van der Waals surface area (Å²) in [4.78, 5) is 17.2. The Hall–Kier alpha value is -3.93. The highest BCUT2D eigenvalue weighted by Crippen LogP contribution is 2.23. The number of aromatic nitrogens is 3. The van der Waals surface area contributed by atoms with E-state index in [1.807, 2.05) is 73.7 Å². The van der Waals surface area contributed by atoms with Gasteiger partial charge >= 0.3 is 0 Å². The standard InChI is InChI=1S/C24H22N4O2/c1-2-30-21-12-10-20(11-13-21)26-24(29)22-17-28(16-18-7-4-3-5-8-18)27-23(22)19-9-6-14-25-15-19/h3-15,17H,2,16H2,1H3,(H,26,29). The lowest BCUT2D eigenvalue weighted by atomic mass is 10.1. The molecule has 30 heavy (non-hydrogen) atoms. The lowest BCUT2D eigenvalue weighted by Gasteiger charge is -2.07. The summed E-state index contributed by atoms with van der Waals surface area (Å²) in [6.45, 7) is 3.11. The van der Waals surface area contributed by atoms with Gasteiger partial charge in [-0.3, -0.25) is 14.5 Å². The molecule has 0 unspecified atom stereocenters. The van der Waals surface area contributed by atoms with Crippen LogP contribution < -0.4 is 10.1 Å². The Bertz CT molecular complexity index is 1110. The van der Waals surface area contributed by atoms with Crippen LogP contribution in [-0.4, -0.2) is 27.3 Å². The van der Waals surface area contributed by atoms with E-state index in [9.17, 15) is 4.79 Å². The molecule has 4 rings (SSSR count). The number of hydrogen-bond donors (Lipinski definition) is 1. The van der Waals surface area contributed by atoms with Crippen LogP contribution in [0.15, 0.2) is 85.3 Å². The van der Waals surface area contributed by atoms with Gasteiger partial charge < -0.3 is 10.1 Å². The summed E-state index contributed by atoms with van der Waals surface area (Å²) in [5, 5.41) is 7.62. The molecule has 0 spiro atoms. The Morgan fingerprint density at radius 1 is 1.03 bits per heavy atom. The van der Waals surface area contributed by atoms with E-state index in [4.69, 9.17) is 4.74 Å². The summed E-state index contributed by atoms with van der Waals surface area (Å²) in [6.07, 6.45) is 5.19. The van der Waals surface area contributed by atoms with Gasteiger partial charge in [0.2, 0.25) is 0 Å². The van der Waals surface area contributed by atoms with Gasteiger partial charge in [0.1, 0.15) is 11.4 Å². The number of nitrogens with one attached hydrogen (secondary N) is 1. The molecule has 1 N–H and O–H groups in total. The maximum Gasteiger partial charge on any atom is 0.259 e. The number of carbonyl (C=O) groups is 1. The number of nitrogens with zero attached hydrogens (tertiary/aromatic N) is 3. The third-order valence-electron chi connectivity index (χ3n) is 4.55. The first-order chi connectivity index (χ1) is 14.7. The van der Waals surface area contributed by atoms with Crippen LogP contribution in [0.5, 0.6) is 5.75 Å². The van der Waals surface area contributed by atoms with Crippen molar-refractivity contribution in [3.8, 4) is 17.0 Å². The lowest BCUT2D eigenvalue weighted by Crippen LogP contribution is -2.12. The van der Waals surface area contributed by atoms with Crippen molar-refractivity contribution >= 4 is 11.6 Å². The smallest absolute Gasteiger partial charge is 0.259 e. The molecule has 0 aliphatic carbocycles. The monoisotopic (exact) mass is 398 g/mol. The fraction of sp³-hybridized carbons (Fsp3) is 0.125. The van der Waals surface area contributed by atoms with Crippen molar-refractivity contribution in [2.24, 2.45) is 0 Å². The summed E-state index contributed by atoms with van der Waals surface area (Å²) in [6, 6.07) is 21.1. The van der Waals surface area contributed by atoms with E-state index in [-0.39, 0.29) is 5.91 Å². The highest BCUT2D eigenvalue weighted by Gasteiger charge is 2.18. The number of benzene rings is 2. The molecule has 0 fully saturated rings. The Kier molecular flexibility index (Phi) is 5.85. The summed E-state index contributed by atoms with van der Waals surface area (Å²) in [5.41, 5.74) is 3.68.